The molecule has 0 heterocycles. The molecule has 1 atom stereocenters. The standard InChI is InChI=1S/C19H8F15NO4/c20-13(21,12(36)39-11(35(37)38)10-6-5-8-3-1-2-4-9(8)7-10)14(22,23)15(24,25)16(26,27)17(28,29)18(30,31)19(32,33)34/h1-7,11H. The lowest BCUT2D eigenvalue weighted by atomic mass is 9.91. The van der Waals surface area contributed by atoms with Crippen LogP contribution < -0.4 is 0 Å². The largest absolute Gasteiger partial charge is 0.460 e. The van der Waals surface area contributed by atoms with Gasteiger partial charge in [-0.2, -0.15) is 65.9 Å². The summed E-state index contributed by atoms with van der Waals surface area (Å²) in [5.74, 6) is -53.6. The molecule has 0 saturated carbocycles. The molecule has 0 aromatic heterocycles. The second-order valence-corrected chi connectivity index (χ2v) is 7.59. The van der Waals surface area contributed by atoms with Gasteiger partial charge in [0.1, 0.15) is 0 Å². The van der Waals surface area contributed by atoms with Crippen LogP contribution in [0.4, 0.5) is 65.9 Å². The van der Waals surface area contributed by atoms with Gasteiger partial charge in [-0.1, -0.05) is 30.3 Å². The highest BCUT2D eigenvalue weighted by Crippen LogP contribution is 2.62. The number of esters is 1. The Morgan fingerprint density at radius 2 is 1.10 bits per heavy atom. The van der Waals surface area contributed by atoms with Crippen molar-refractivity contribution in [3.8, 4) is 0 Å². The number of ether oxygens (including phenoxy) is 1. The predicted octanol–water partition coefficient (Wildman–Crippen LogP) is 7.03. The van der Waals surface area contributed by atoms with Crippen LogP contribution in [0.3, 0.4) is 0 Å². The minimum absolute atomic E-state index is 0.0639. The first-order valence-electron chi connectivity index (χ1n) is 9.46. The minimum Gasteiger partial charge on any atom is -0.389 e. The summed E-state index contributed by atoms with van der Waals surface area (Å²) in [6, 6.07) is 7.85. The van der Waals surface area contributed by atoms with Gasteiger partial charge in [0.2, 0.25) is 0 Å². The van der Waals surface area contributed by atoms with E-state index < -0.39 is 64.4 Å². The van der Waals surface area contributed by atoms with Gasteiger partial charge in [-0.05, 0) is 22.9 Å². The van der Waals surface area contributed by atoms with Gasteiger partial charge >= 0.3 is 53.9 Å². The molecule has 0 aliphatic rings. The molecule has 2 aromatic rings. The summed E-state index contributed by atoms with van der Waals surface area (Å²) in [4.78, 5) is 21.0. The highest BCUT2D eigenvalue weighted by Gasteiger charge is 2.94. The second-order valence-electron chi connectivity index (χ2n) is 7.59. The SMILES string of the molecule is O=C(OC(c1ccc2ccccc2c1)[N+](=O)[O-])C(F)(F)C(F)(F)C(F)(F)C(F)(F)C(F)(F)C(F)(F)C(F)(F)F. The molecular formula is C19H8F15NO4. The number of hydrogen-bond acceptors (Lipinski definition) is 4. The van der Waals surface area contributed by atoms with Crippen molar-refractivity contribution in [3.63, 3.8) is 0 Å². The molecule has 5 nitrogen and oxygen atoms in total. The van der Waals surface area contributed by atoms with Crippen molar-refractivity contribution in [2.75, 3.05) is 0 Å². The topological polar surface area (TPSA) is 69.4 Å². The van der Waals surface area contributed by atoms with Crippen molar-refractivity contribution in [2.45, 2.75) is 47.9 Å². The van der Waals surface area contributed by atoms with Gasteiger partial charge in [-0.25, -0.2) is 4.79 Å². The molecule has 2 rings (SSSR count). The maximum Gasteiger partial charge on any atom is 0.460 e. The van der Waals surface area contributed by atoms with Crippen LogP contribution in [0, 0.1) is 10.1 Å². The summed E-state index contributed by atoms with van der Waals surface area (Å²) in [5, 5.41) is 11.6. The number of halogens is 15. The predicted molar refractivity (Wildman–Crippen MR) is 95.5 cm³/mol. The molecular weight excluding hydrogens is 591 g/mol. The number of carbonyl (C=O) groups is 1. The third-order valence-corrected chi connectivity index (χ3v) is 5.05. The number of fused-ring (bicyclic) bond motifs is 1. The number of nitrogens with zero attached hydrogens (tertiary/aromatic N) is 1. The molecule has 0 bridgehead atoms. The smallest absolute Gasteiger partial charge is 0.389 e. The van der Waals surface area contributed by atoms with E-state index >= 15 is 0 Å². The fourth-order valence-electron chi connectivity index (χ4n) is 2.86. The molecule has 0 radical (unpaired) electrons. The normalized spacial score (nSPS) is 15.3. The van der Waals surface area contributed by atoms with Gasteiger partial charge in [0.15, 0.2) is 0 Å². The van der Waals surface area contributed by atoms with Crippen LogP contribution in [-0.2, 0) is 9.53 Å². The van der Waals surface area contributed by atoms with Crippen LogP contribution in [0.1, 0.15) is 11.8 Å². The van der Waals surface area contributed by atoms with Crippen LogP contribution in [0.25, 0.3) is 10.8 Å². The van der Waals surface area contributed by atoms with E-state index in [4.69, 9.17) is 0 Å². The van der Waals surface area contributed by atoms with Crippen LogP contribution in [-0.4, -0.2) is 52.6 Å². The molecule has 0 aliphatic heterocycles. The zero-order valence-corrected chi connectivity index (χ0v) is 17.9. The summed E-state index contributed by atoms with van der Waals surface area (Å²) in [6.45, 7) is 0. The Kier molecular flexibility index (Phi) is 7.58. The summed E-state index contributed by atoms with van der Waals surface area (Å²) in [6.07, 6.45) is -11.0. The first-order valence-corrected chi connectivity index (χ1v) is 9.46. The maximum atomic E-state index is 14.0. The maximum absolute atomic E-state index is 14.0. The lowest BCUT2D eigenvalue weighted by Crippen LogP contribution is -2.73. The highest BCUT2D eigenvalue weighted by molar-refractivity contribution is 5.83. The van der Waals surface area contributed by atoms with Crippen molar-refractivity contribution in [1.82, 2.24) is 0 Å². The zero-order valence-electron chi connectivity index (χ0n) is 17.9. The third kappa shape index (κ3) is 4.66. The summed E-state index contributed by atoms with van der Waals surface area (Å²) in [7, 11) is 0. The molecule has 218 valence electrons. The Hall–Kier alpha value is -3.48. The average Bonchev–Trinajstić information content (AvgIpc) is 2.80. The van der Waals surface area contributed by atoms with Gasteiger partial charge in [0.05, 0.1) is 10.5 Å². The van der Waals surface area contributed by atoms with Crippen molar-refractivity contribution in [2.24, 2.45) is 0 Å². The van der Waals surface area contributed by atoms with Crippen molar-refractivity contribution < 1.29 is 80.3 Å². The summed E-state index contributed by atoms with van der Waals surface area (Å²) >= 11 is 0. The summed E-state index contributed by atoms with van der Waals surface area (Å²) in [5.41, 5.74) is -0.903. The van der Waals surface area contributed by atoms with Gasteiger partial charge in [-0.15, -0.1) is 0 Å². The quantitative estimate of drug-likeness (QED) is 0.102. The Morgan fingerprint density at radius 3 is 1.56 bits per heavy atom. The Morgan fingerprint density at radius 1 is 0.667 bits per heavy atom. The van der Waals surface area contributed by atoms with Crippen LogP contribution in [0.2, 0.25) is 0 Å². The number of benzene rings is 2. The Labute approximate surface area is 204 Å². The van der Waals surface area contributed by atoms with Crippen molar-refractivity contribution in [3.05, 3.63) is 58.1 Å². The van der Waals surface area contributed by atoms with Gasteiger partial charge in [-0.3, -0.25) is 10.1 Å². The second kappa shape index (κ2) is 9.32. The van der Waals surface area contributed by atoms with Crippen LogP contribution in [0.15, 0.2) is 42.5 Å². The third-order valence-electron chi connectivity index (χ3n) is 5.05. The molecule has 0 saturated heterocycles. The highest BCUT2D eigenvalue weighted by atomic mass is 19.4. The first kappa shape index (κ1) is 31.7. The lowest BCUT2D eigenvalue weighted by molar-refractivity contribution is -0.577. The van der Waals surface area contributed by atoms with Gasteiger partial charge in [0.25, 0.3) is 0 Å². The fourth-order valence-corrected chi connectivity index (χ4v) is 2.86. The molecule has 39 heavy (non-hydrogen) atoms. The molecule has 2 aromatic carbocycles. The Bertz CT molecular complexity index is 1260. The van der Waals surface area contributed by atoms with E-state index in [1.54, 1.807) is 0 Å². The monoisotopic (exact) mass is 599 g/mol. The number of carbonyl (C=O) groups excluding carboxylic acids is 1. The van der Waals surface area contributed by atoms with E-state index in [1.165, 1.54) is 24.3 Å². The van der Waals surface area contributed by atoms with Crippen LogP contribution >= 0.6 is 0 Å². The number of nitro groups is 1. The van der Waals surface area contributed by atoms with E-state index in [0.717, 1.165) is 12.1 Å². The average molecular weight is 599 g/mol. The number of alkyl halides is 15. The van der Waals surface area contributed by atoms with E-state index in [9.17, 15) is 80.8 Å². The van der Waals surface area contributed by atoms with E-state index in [1.807, 2.05) is 0 Å². The first-order chi connectivity index (χ1) is 17.3. The van der Waals surface area contributed by atoms with Crippen molar-refractivity contribution >= 4 is 16.7 Å². The molecule has 20 heteroatoms. The molecule has 0 fully saturated rings. The summed E-state index contributed by atoms with van der Waals surface area (Å²) < 4.78 is 202. The minimum atomic E-state index is -8.62. The fraction of sp³-hybridized carbons (Fsp3) is 0.421. The molecule has 0 spiro atoms. The number of hydrogen-bond donors (Lipinski definition) is 0. The Balaban J connectivity index is 2.52. The van der Waals surface area contributed by atoms with E-state index in [-0.39, 0.29) is 5.39 Å². The molecule has 0 N–H and O–H groups in total. The number of rotatable bonds is 9. The molecule has 0 amide bonds. The molecule has 1 unspecified atom stereocenters. The van der Waals surface area contributed by atoms with Crippen LogP contribution in [0.5, 0.6) is 0 Å². The van der Waals surface area contributed by atoms with Gasteiger partial charge in [0, 0.05) is 0 Å². The zero-order chi connectivity index (χ0) is 30.6. The molecule has 0 aliphatic carbocycles. The van der Waals surface area contributed by atoms with Gasteiger partial charge < -0.3 is 4.74 Å². The van der Waals surface area contributed by atoms with E-state index in [0.29, 0.717) is 11.5 Å². The lowest BCUT2D eigenvalue weighted by Gasteiger charge is -2.40. The van der Waals surface area contributed by atoms with E-state index in [2.05, 4.69) is 4.74 Å². The van der Waals surface area contributed by atoms with Crippen molar-refractivity contribution in [1.29, 1.82) is 0 Å².